The Kier molecular flexibility index (Phi) is 4.80. The molecule has 0 amide bonds. The Balaban J connectivity index is 2.18. The number of carbonyl (C=O) groups excluding carboxylic acids is 3. The lowest BCUT2D eigenvalue weighted by atomic mass is 9.89. The van der Waals surface area contributed by atoms with Crippen LogP contribution in [0.3, 0.4) is 0 Å². The van der Waals surface area contributed by atoms with Crippen molar-refractivity contribution in [2.45, 2.75) is 25.9 Å². The summed E-state index contributed by atoms with van der Waals surface area (Å²) in [6.45, 7) is 1.65. The van der Waals surface area contributed by atoms with E-state index in [2.05, 4.69) is 4.74 Å². The maximum absolute atomic E-state index is 12.3. The first-order chi connectivity index (χ1) is 10.5. The van der Waals surface area contributed by atoms with Gasteiger partial charge in [0.25, 0.3) is 0 Å². The van der Waals surface area contributed by atoms with Crippen LogP contribution < -0.4 is 9.47 Å². The number of rotatable bonds is 5. The summed E-state index contributed by atoms with van der Waals surface area (Å²) in [5.74, 6) is -0.770. The Morgan fingerprint density at radius 3 is 2.73 bits per heavy atom. The highest BCUT2D eigenvalue weighted by atomic mass is 16.5. The van der Waals surface area contributed by atoms with Crippen molar-refractivity contribution in [3.63, 3.8) is 0 Å². The molecule has 1 aliphatic heterocycles. The molecule has 0 radical (unpaired) electrons. The summed E-state index contributed by atoms with van der Waals surface area (Å²) in [6, 6.07) is 5.07. The van der Waals surface area contributed by atoms with E-state index in [9.17, 15) is 14.4 Å². The Bertz CT molecular complexity index is 607. The molecular weight excluding hydrogens is 288 g/mol. The van der Waals surface area contributed by atoms with Crippen molar-refractivity contribution < 1.29 is 28.6 Å². The van der Waals surface area contributed by atoms with Crippen LogP contribution in [0.4, 0.5) is 0 Å². The fraction of sp³-hybridized carbons (Fsp3) is 0.438. The van der Waals surface area contributed by atoms with Crippen LogP contribution in [0.1, 0.15) is 30.1 Å². The summed E-state index contributed by atoms with van der Waals surface area (Å²) in [6.07, 6.45) is -0.845. The summed E-state index contributed by atoms with van der Waals surface area (Å²) < 4.78 is 15.4. The van der Waals surface area contributed by atoms with Gasteiger partial charge in [0.1, 0.15) is 29.6 Å². The molecule has 1 aliphatic rings. The Hall–Kier alpha value is -2.37. The van der Waals surface area contributed by atoms with Crippen molar-refractivity contribution in [1.29, 1.82) is 0 Å². The van der Waals surface area contributed by atoms with Gasteiger partial charge in [-0.05, 0) is 12.1 Å². The zero-order valence-electron chi connectivity index (χ0n) is 12.8. The predicted octanol–water partition coefficient (Wildman–Crippen LogP) is 1.80. The molecule has 1 heterocycles. The number of fused-ring (bicyclic) bond motifs is 1. The van der Waals surface area contributed by atoms with E-state index in [1.807, 2.05) is 0 Å². The number of carbonyl (C=O) groups is 3. The minimum atomic E-state index is -0.596. The fourth-order valence-corrected chi connectivity index (χ4v) is 2.41. The van der Waals surface area contributed by atoms with Crippen LogP contribution in [-0.2, 0) is 14.3 Å². The number of methoxy groups -OCH3 is 2. The highest BCUT2D eigenvalue weighted by Gasteiger charge is 2.35. The van der Waals surface area contributed by atoms with Crippen LogP contribution in [0.5, 0.6) is 11.5 Å². The standard InChI is InChI=1S/C16H18O6/c1-9(10(17)8-15(19)21-3)14-7-11(18)16-12(20-2)5-4-6-13(16)22-14/h4-6,9,14H,7-8H2,1-3H3/t9-,14-/m0/s1. The molecule has 2 rings (SSSR count). The minimum absolute atomic E-state index is 0.0709. The van der Waals surface area contributed by atoms with Gasteiger partial charge in [-0.1, -0.05) is 13.0 Å². The first-order valence-electron chi connectivity index (χ1n) is 6.94. The lowest BCUT2D eigenvalue weighted by Gasteiger charge is -2.29. The molecule has 0 saturated heterocycles. The third-order valence-corrected chi connectivity index (χ3v) is 3.76. The molecule has 6 heteroatoms. The number of hydrogen-bond acceptors (Lipinski definition) is 6. The third kappa shape index (κ3) is 3.10. The highest BCUT2D eigenvalue weighted by Crippen LogP contribution is 2.36. The van der Waals surface area contributed by atoms with Crippen molar-refractivity contribution in [3.05, 3.63) is 23.8 Å². The monoisotopic (exact) mass is 306 g/mol. The first-order valence-corrected chi connectivity index (χ1v) is 6.94. The van der Waals surface area contributed by atoms with Crippen LogP contribution >= 0.6 is 0 Å². The van der Waals surface area contributed by atoms with Gasteiger partial charge in [-0.3, -0.25) is 14.4 Å². The molecule has 0 N–H and O–H groups in total. The van der Waals surface area contributed by atoms with Gasteiger partial charge in [0.15, 0.2) is 11.6 Å². The third-order valence-electron chi connectivity index (χ3n) is 3.76. The second-order valence-electron chi connectivity index (χ2n) is 5.12. The van der Waals surface area contributed by atoms with Crippen molar-refractivity contribution in [2.24, 2.45) is 5.92 Å². The van der Waals surface area contributed by atoms with Crippen molar-refractivity contribution >= 4 is 17.5 Å². The molecular formula is C16H18O6. The molecule has 0 unspecified atom stereocenters. The molecule has 118 valence electrons. The Morgan fingerprint density at radius 1 is 1.36 bits per heavy atom. The van der Waals surface area contributed by atoms with Gasteiger partial charge in [-0.25, -0.2) is 0 Å². The average Bonchev–Trinajstić information content (AvgIpc) is 2.52. The van der Waals surface area contributed by atoms with E-state index in [1.54, 1.807) is 25.1 Å². The van der Waals surface area contributed by atoms with E-state index in [0.29, 0.717) is 17.1 Å². The van der Waals surface area contributed by atoms with Crippen LogP contribution in [-0.4, -0.2) is 37.9 Å². The minimum Gasteiger partial charge on any atom is -0.496 e. The van der Waals surface area contributed by atoms with Crippen LogP contribution in [0.15, 0.2) is 18.2 Å². The molecule has 0 aliphatic carbocycles. The normalized spacial score (nSPS) is 18.0. The van der Waals surface area contributed by atoms with Gasteiger partial charge in [0, 0.05) is 6.42 Å². The highest BCUT2D eigenvalue weighted by molar-refractivity contribution is 6.03. The Morgan fingerprint density at radius 2 is 2.09 bits per heavy atom. The average molecular weight is 306 g/mol. The summed E-state index contributed by atoms with van der Waals surface area (Å²) >= 11 is 0. The maximum atomic E-state index is 12.3. The lowest BCUT2D eigenvalue weighted by molar-refractivity contribution is -0.144. The number of ketones is 2. The largest absolute Gasteiger partial charge is 0.496 e. The topological polar surface area (TPSA) is 78.9 Å². The quantitative estimate of drug-likeness (QED) is 0.609. The first kappa shape index (κ1) is 16.0. The Labute approximate surface area is 128 Å². The predicted molar refractivity (Wildman–Crippen MR) is 77.2 cm³/mol. The molecule has 0 aromatic heterocycles. The van der Waals surface area contributed by atoms with Gasteiger partial charge in [-0.15, -0.1) is 0 Å². The van der Waals surface area contributed by atoms with Crippen molar-refractivity contribution in [1.82, 2.24) is 0 Å². The van der Waals surface area contributed by atoms with E-state index in [0.717, 1.165) is 0 Å². The van der Waals surface area contributed by atoms with E-state index < -0.39 is 18.0 Å². The molecule has 1 aromatic rings. The number of hydrogen-bond donors (Lipinski definition) is 0. The molecule has 2 atom stereocenters. The number of esters is 1. The van der Waals surface area contributed by atoms with Crippen molar-refractivity contribution in [3.8, 4) is 11.5 Å². The summed E-state index contributed by atoms with van der Waals surface area (Å²) in [5.41, 5.74) is 0.397. The molecule has 0 bridgehead atoms. The van der Waals surface area contributed by atoms with Crippen LogP contribution in [0.2, 0.25) is 0 Å². The zero-order chi connectivity index (χ0) is 16.3. The van der Waals surface area contributed by atoms with Gasteiger partial charge in [-0.2, -0.15) is 0 Å². The van der Waals surface area contributed by atoms with E-state index in [-0.39, 0.29) is 24.4 Å². The number of benzene rings is 1. The SMILES string of the molecule is COC(=O)CC(=O)[C@H](C)[C@@H]1CC(=O)c2c(OC)cccc2O1. The van der Waals surface area contributed by atoms with E-state index >= 15 is 0 Å². The smallest absolute Gasteiger partial charge is 0.313 e. The van der Waals surface area contributed by atoms with Crippen LogP contribution in [0.25, 0.3) is 0 Å². The molecule has 22 heavy (non-hydrogen) atoms. The maximum Gasteiger partial charge on any atom is 0.313 e. The molecule has 0 saturated carbocycles. The van der Waals surface area contributed by atoms with Gasteiger partial charge in [0.05, 0.1) is 20.1 Å². The molecule has 1 aromatic carbocycles. The van der Waals surface area contributed by atoms with Crippen molar-refractivity contribution in [2.75, 3.05) is 14.2 Å². The van der Waals surface area contributed by atoms with Gasteiger partial charge >= 0.3 is 5.97 Å². The van der Waals surface area contributed by atoms with Gasteiger partial charge in [0.2, 0.25) is 0 Å². The molecule has 0 fully saturated rings. The van der Waals surface area contributed by atoms with Gasteiger partial charge < -0.3 is 14.2 Å². The fourth-order valence-electron chi connectivity index (χ4n) is 2.41. The molecule has 6 nitrogen and oxygen atoms in total. The number of ether oxygens (including phenoxy) is 3. The van der Waals surface area contributed by atoms with E-state index in [4.69, 9.17) is 9.47 Å². The lowest BCUT2D eigenvalue weighted by Crippen LogP contribution is -2.37. The van der Waals surface area contributed by atoms with E-state index in [1.165, 1.54) is 14.2 Å². The zero-order valence-corrected chi connectivity index (χ0v) is 12.8. The van der Waals surface area contributed by atoms with Crippen LogP contribution in [0, 0.1) is 5.92 Å². The second-order valence-corrected chi connectivity index (χ2v) is 5.12. The summed E-state index contributed by atoms with van der Waals surface area (Å²) in [7, 11) is 2.71. The molecule has 0 spiro atoms. The summed E-state index contributed by atoms with van der Waals surface area (Å²) in [4.78, 5) is 35.5. The second kappa shape index (κ2) is 6.60. The number of Topliss-reactive ketones (excluding diaryl/α,β-unsaturated/α-hetero) is 2. The summed E-state index contributed by atoms with van der Waals surface area (Å²) in [5, 5.41) is 0.